The number of hydrogen-bond donors (Lipinski definition) is 2. The Hall–Kier alpha value is -6.97. The molecule has 0 saturated carbocycles. The number of para-hydroxylation sites is 2. The molecule has 0 radical (unpaired) electrons. The lowest BCUT2D eigenvalue weighted by Gasteiger charge is -2.21. The van der Waals surface area contributed by atoms with E-state index >= 15 is 4.39 Å². The molecule has 8 rings (SSSR count). The zero-order valence-corrected chi connectivity index (χ0v) is 34.5. The van der Waals surface area contributed by atoms with Gasteiger partial charge in [-0.25, -0.2) is 4.39 Å². The molecule has 2 amide bonds. The van der Waals surface area contributed by atoms with E-state index in [2.05, 4.69) is 47.9 Å². The molecule has 15 heteroatoms. The Balaban J connectivity index is 1.11. The fourth-order valence-electron chi connectivity index (χ4n) is 6.70. The maximum atomic E-state index is 16.0. The summed E-state index contributed by atoms with van der Waals surface area (Å²) in [6.45, 7) is 2.30. The normalized spacial score (nSPS) is 12.1. The van der Waals surface area contributed by atoms with Gasteiger partial charge in [-0.1, -0.05) is 102 Å². The van der Waals surface area contributed by atoms with Gasteiger partial charge in [0.25, 0.3) is 0 Å². The SMILES string of the molecule is CC(c1ccccc1)n1c(SC(Cc2cc(Cn3c(SCC(=O)Nc4ccccc4)nnc3-c3cccnc3)ccc2F)C(=O)Nc2ccccc2)nnc1-c1cccnc1. The van der Waals surface area contributed by atoms with Gasteiger partial charge < -0.3 is 10.6 Å². The lowest BCUT2D eigenvalue weighted by molar-refractivity contribution is -0.116. The van der Waals surface area contributed by atoms with E-state index in [-0.39, 0.29) is 36.6 Å². The quantitative estimate of drug-likeness (QED) is 0.0905. The lowest BCUT2D eigenvalue weighted by atomic mass is 10.0. The van der Waals surface area contributed by atoms with E-state index in [0.29, 0.717) is 38.9 Å². The summed E-state index contributed by atoms with van der Waals surface area (Å²) < 4.78 is 19.9. The molecule has 61 heavy (non-hydrogen) atoms. The van der Waals surface area contributed by atoms with Crippen LogP contribution in [0, 0.1) is 5.82 Å². The van der Waals surface area contributed by atoms with Crippen molar-refractivity contribution in [3.8, 4) is 22.8 Å². The fraction of sp³-hybridized carbons (Fsp3) is 0.130. The minimum absolute atomic E-state index is 0.0245. The Bertz CT molecular complexity index is 2710. The van der Waals surface area contributed by atoms with E-state index in [1.165, 1.54) is 29.6 Å². The number of nitrogens with one attached hydrogen (secondary N) is 2. The van der Waals surface area contributed by atoms with Crippen molar-refractivity contribution in [2.75, 3.05) is 16.4 Å². The molecule has 0 fully saturated rings. The zero-order chi connectivity index (χ0) is 42.0. The van der Waals surface area contributed by atoms with Crippen LogP contribution in [-0.4, -0.2) is 62.3 Å². The minimum atomic E-state index is -0.840. The second-order valence-corrected chi connectivity index (χ2v) is 16.0. The van der Waals surface area contributed by atoms with Crippen LogP contribution in [0.3, 0.4) is 0 Å². The number of carbonyl (C=O) groups is 2. The number of anilines is 2. The number of halogens is 1. The van der Waals surface area contributed by atoms with Crippen LogP contribution in [-0.2, 0) is 22.6 Å². The molecule has 4 heterocycles. The largest absolute Gasteiger partial charge is 0.325 e. The molecule has 0 bridgehead atoms. The van der Waals surface area contributed by atoms with Crippen LogP contribution in [0.4, 0.5) is 15.8 Å². The number of aromatic nitrogens is 8. The fourth-order valence-corrected chi connectivity index (χ4v) is 8.57. The maximum absolute atomic E-state index is 16.0. The number of pyridine rings is 2. The summed E-state index contributed by atoms with van der Waals surface area (Å²) in [5.41, 5.74) is 4.89. The second-order valence-electron chi connectivity index (χ2n) is 13.9. The number of benzene rings is 4. The topological polar surface area (TPSA) is 145 Å². The standard InChI is InChI=1S/C46H39FN10O2S2/c1-31(33-13-5-2-6-14-33)57-43(35-16-12-24-49-28-35)53-55-46(57)61-40(44(59)51-38-19-9-4-10-20-38)26-36-25-32(21-22-39(36)47)29-56-42(34-15-11-23-48-27-34)52-54-45(56)60-30-41(58)50-37-17-7-3-8-18-37/h2-25,27-28,31,40H,26,29-30H2,1H3,(H,50,58)(H,51,59). The summed E-state index contributed by atoms with van der Waals surface area (Å²) in [6.07, 6.45) is 6.81. The van der Waals surface area contributed by atoms with E-state index < -0.39 is 11.1 Å². The molecule has 4 aromatic heterocycles. The average molecular weight is 847 g/mol. The van der Waals surface area contributed by atoms with Gasteiger partial charge in [-0.05, 0) is 84.6 Å². The summed E-state index contributed by atoms with van der Waals surface area (Å²) in [7, 11) is 0. The predicted octanol–water partition coefficient (Wildman–Crippen LogP) is 8.86. The highest BCUT2D eigenvalue weighted by molar-refractivity contribution is 8.00. The third kappa shape index (κ3) is 10.1. The van der Waals surface area contributed by atoms with Gasteiger partial charge >= 0.3 is 0 Å². The Morgan fingerprint density at radius 1 is 0.689 bits per heavy atom. The van der Waals surface area contributed by atoms with Crippen molar-refractivity contribution in [2.24, 2.45) is 0 Å². The molecule has 2 atom stereocenters. The number of amides is 2. The molecule has 12 nitrogen and oxygen atoms in total. The van der Waals surface area contributed by atoms with Crippen LogP contribution < -0.4 is 10.6 Å². The van der Waals surface area contributed by atoms with Gasteiger partial charge in [0, 0.05) is 47.3 Å². The molecule has 8 aromatic rings. The third-order valence-corrected chi connectivity index (χ3v) is 11.8. The first-order valence-corrected chi connectivity index (χ1v) is 21.3. The molecule has 0 aliphatic rings. The average Bonchev–Trinajstić information content (AvgIpc) is 3.91. The molecule has 304 valence electrons. The highest BCUT2D eigenvalue weighted by Crippen LogP contribution is 2.35. The van der Waals surface area contributed by atoms with Crippen LogP contribution in [0.2, 0.25) is 0 Å². The maximum Gasteiger partial charge on any atom is 0.238 e. The summed E-state index contributed by atoms with van der Waals surface area (Å²) in [5, 5.41) is 24.2. The Morgan fingerprint density at radius 3 is 1.95 bits per heavy atom. The molecular weight excluding hydrogens is 808 g/mol. The molecule has 0 saturated heterocycles. The lowest BCUT2D eigenvalue weighted by Crippen LogP contribution is -2.28. The first kappa shape index (κ1) is 40.8. The van der Waals surface area contributed by atoms with Gasteiger partial charge in [-0.2, -0.15) is 0 Å². The highest BCUT2D eigenvalue weighted by Gasteiger charge is 2.29. The van der Waals surface area contributed by atoms with Crippen molar-refractivity contribution < 1.29 is 14.0 Å². The van der Waals surface area contributed by atoms with Crippen molar-refractivity contribution in [2.45, 2.75) is 41.5 Å². The van der Waals surface area contributed by atoms with E-state index in [9.17, 15) is 9.59 Å². The summed E-state index contributed by atoms with van der Waals surface area (Å²) in [6, 6.07) is 40.5. The predicted molar refractivity (Wildman–Crippen MR) is 236 cm³/mol. The zero-order valence-electron chi connectivity index (χ0n) is 32.9. The van der Waals surface area contributed by atoms with Crippen LogP contribution in [0.5, 0.6) is 0 Å². The first-order valence-electron chi connectivity index (χ1n) is 19.4. The number of carbonyl (C=O) groups excluding carboxylic acids is 2. The monoisotopic (exact) mass is 846 g/mol. The molecule has 2 N–H and O–H groups in total. The van der Waals surface area contributed by atoms with E-state index in [1.807, 2.05) is 112 Å². The van der Waals surface area contributed by atoms with Gasteiger partial charge in [0.2, 0.25) is 11.8 Å². The molecule has 0 aliphatic carbocycles. The van der Waals surface area contributed by atoms with Crippen LogP contribution in [0.1, 0.15) is 29.7 Å². The number of hydrogen-bond acceptors (Lipinski definition) is 10. The van der Waals surface area contributed by atoms with E-state index in [0.717, 1.165) is 22.3 Å². The Labute approximate surface area is 360 Å². The van der Waals surface area contributed by atoms with Gasteiger partial charge in [0.05, 0.1) is 23.6 Å². The second kappa shape index (κ2) is 19.4. The van der Waals surface area contributed by atoms with Crippen LogP contribution >= 0.6 is 23.5 Å². The van der Waals surface area contributed by atoms with Gasteiger partial charge in [0.1, 0.15) is 5.82 Å². The van der Waals surface area contributed by atoms with E-state index in [4.69, 9.17) is 0 Å². The number of nitrogens with zero attached hydrogens (tertiary/aromatic N) is 8. The highest BCUT2D eigenvalue weighted by atomic mass is 32.2. The van der Waals surface area contributed by atoms with Crippen molar-refractivity contribution in [1.29, 1.82) is 0 Å². The van der Waals surface area contributed by atoms with E-state index in [1.54, 1.807) is 49.1 Å². The molecule has 2 unspecified atom stereocenters. The first-order chi connectivity index (χ1) is 29.9. The molecule has 0 aliphatic heterocycles. The van der Waals surface area contributed by atoms with Crippen LogP contribution in [0.15, 0.2) is 169 Å². The summed E-state index contributed by atoms with van der Waals surface area (Å²) in [4.78, 5) is 35.8. The third-order valence-electron chi connectivity index (χ3n) is 9.72. The Kier molecular flexibility index (Phi) is 13.0. The van der Waals surface area contributed by atoms with Crippen molar-refractivity contribution in [3.63, 3.8) is 0 Å². The molecule has 0 spiro atoms. The Morgan fingerprint density at radius 2 is 1.30 bits per heavy atom. The van der Waals surface area contributed by atoms with Gasteiger partial charge in [-0.15, -0.1) is 20.4 Å². The van der Waals surface area contributed by atoms with Crippen LogP contribution in [0.25, 0.3) is 22.8 Å². The molecular formula is C46H39FN10O2S2. The van der Waals surface area contributed by atoms with Gasteiger partial charge in [0.15, 0.2) is 22.0 Å². The van der Waals surface area contributed by atoms with Crippen molar-refractivity contribution in [1.82, 2.24) is 39.5 Å². The van der Waals surface area contributed by atoms with Crippen molar-refractivity contribution >= 4 is 46.7 Å². The summed E-state index contributed by atoms with van der Waals surface area (Å²) in [5.74, 6) is 0.233. The number of thioether (sulfide) groups is 2. The number of rotatable bonds is 16. The van der Waals surface area contributed by atoms with Gasteiger partial charge in [-0.3, -0.25) is 28.7 Å². The molecule has 4 aromatic carbocycles. The smallest absolute Gasteiger partial charge is 0.238 e. The minimum Gasteiger partial charge on any atom is -0.325 e. The summed E-state index contributed by atoms with van der Waals surface area (Å²) >= 11 is 2.47. The van der Waals surface area contributed by atoms with Crippen molar-refractivity contribution in [3.05, 3.63) is 181 Å².